The molecule has 0 spiro atoms. The van der Waals surface area contributed by atoms with Crippen LogP contribution in [0.1, 0.15) is 37.0 Å². The molecule has 0 saturated heterocycles. The first-order chi connectivity index (χ1) is 16.7. The molecule has 1 aliphatic rings. The van der Waals surface area contributed by atoms with E-state index in [0.29, 0.717) is 27.9 Å². The molecule has 5 rings (SSSR count). The minimum atomic E-state index is -3.78. The van der Waals surface area contributed by atoms with Crippen LogP contribution in [0.3, 0.4) is 0 Å². The smallest absolute Gasteiger partial charge is 0.244 e. The number of nitrogen functional groups attached to an aromatic ring is 1. The lowest BCUT2D eigenvalue weighted by molar-refractivity contribution is 0.578. The lowest BCUT2D eigenvalue weighted by Crippen LogP contribution is -2.23. The average Bonchev–Trinajstić information content (AvgIpc) is 3.40. The minimum Gasteiger partial charge on any atom is -0.368 e. The number of imidazole rings is 1. The van der Waals surface area contributed by atoms with Crippen molar-refractivity contribution >= 4 is 44.0 Å². The summed E-state index contributed by atoms with van der Waals surface area (Å²) in [5, 5.41) is -0.713. The van der Waals surface area contributed by atoms with Crippen LogP contribution in [0.15, 0.2) is 71.7 Å². The number of hydrogen-bond acceptors (Lipinski definition) is 5. The molecule has 0 atom stereocenters. The van der Waals surface area contributed by atoms with Gasteiger partial charge in [-0.15, -0.1) is 0 Å². The predicted molar refractivity (Wildman–Crippen MR) is 134 cm³/mol. The second-order valence-electron chi connectivity index (χ2n) is 8.56. The number of nitrogens with two attached hydrogens (primary N) is 1. The number of halogens is 2. The summed E-state index contributed by atoms with van der Waals surface area (Å²) in [5.74, 6) is -1.51. The van der Waals surface area contributed by atoms with Crippen LogP contribution in [0, 0.1) is 11.6 Å². The minimum absolute atomic E-state index is 0.125. The van der Waals surface area contributed by atoms with E-state index < -0.39 is 26.9 Å². The first-order valence-electron chi connectivity index (χ1n) is 11.0. The molecule has 0 radical (unpaired) electrons. The topological polar surface area (TPSA) is 90.3 Å². The van der Waals surface area contributed by atoms with E-state index in [9.17, 15) is 17.2 Å². The first kappa shape index (κ1) is 22.9. The van der Waals surface area contributed by atoms with Crippen molar-refractivity contribution in [3.63, 3.8) is 0 Å². The number of rotatable bonds is 5. The maximum absolute atomic E-state index is 14.6. The van der Waals surface area contributed by atoms with Gasteiger partial charge >= 0.3 is 0 Å². The number of benzene rings is 3. The summed E-state index contributed by atoms with van der Waals surface area (Å²) in [7, 11) is -3.78. The molecule has 2 N–H and O–H groups in total. The van der Waals surface area contributed by atoms with E-state index in [0.717, 1.165) is 9.54 Å². The van der Waals surface area contributed by atoms with Gasteiger partial charge in [0.15, 0.2) is 0 Å². The van der Waals surface area contributed by atoms with Crippen LogP contribution in [-0.2, 0) is 10.0 Å². The molecule has 3 aromatic carbocycles. The number of allylic oxidation sites excluding steroid dienone is 1. The van der Waals surface area contributed by atoms with E-state index >= 15 is 0 Å². The Morgan fingerprint density at radius 1 is 0.943 bits per heavy atom. The zero-order valence-corrected chi connectivity index (χ0v) is 19.9. The van der Waals surface area contributed by atoms with Gasteiger partial charge in [-0.2, -0.15) is 0 Å². The third-order valence-electron chi connectivity index (χ3n) is 6.01. The Morgan fingerprint density at radius 3 is 2.29 bits per heavy atom. The quantitative estimate of drug-likeness (QED) is 0.412. The molecule has 178 valence electrons. The molecular formula is C26H22F2N4O2S. The highest BCUT2D eigenvalue weighted by atomic mass is 32.2. The number of fused-ring (bicyclic) bond motifs is 1. The van der Waals surface area contributed by atoms with Gasteiger partial charge in [0.25, 0.3) is 0 Å². The van der Waals surface area contributed by atoms with E-state index in [2.05, 4.69) is 9.98 Å². The molecule has 1 aliphatic heterocycles. The van der Waals surface area contributed by atoms with Crippen molar-refractivity contribution in [3.8, 4) is 0 Å². The summed E-state index contributed by atoms with van der Waals surface area (Å²) in [5.41, 5.74) is 9.54. The number of aromatic nitrogens is 2. The zero-order valence-electron chi connectivity index (χ0n) is 19.0. The zero-order chi connectivity index (χ0) is 24.9. The highest BCUT2D eigenvalue weighted by molar-refractivity contribution is 7.90. The summed E-state index contributed by atoms with van der Waals surface area (Å²) in [6.07, 6.45) is 0.161. The summed E-state index contributed by atoms with van der Waals surface area (Å²) in [6, 6.07) is 18.2. The number of hydrogen-bond donors (Lipinski definition) is 1. The van der Waals surface area contributed by atoms with Gasteiger partial charge in [0.2, 0.25) is 16.0 Å². The maximum atomic E-state index is 14.6. The third kappa shape index (κ3) is 3.81. The normalized spacial score (nSPS) is 14.3. The molecule has 9 heteroatoms. The van der Waals surface area contributed by atoms with Gasteiger partial charge in [-0.25, -0.2) is 26.2 Å². The molecule has 35 heavy (non-hydrogen) atoms. The van der Waals surface area contributed by atoms with Crippen molar-refractivity contribution < 1.29 is 17.2 Å². The van der Waals surface area contributed by atoms with E-state index in [4.69, 9.17) is 5.73 Å². The Balaban J connectivity index is 1.71. The largest absolute Gasteiger partial charge is 0.368 e. The molecule has 0 fully saturated rings. The van der Waals surface area contributed by atoms with Crippen LogP contribution < -0.4 is 5.73 Å². The molecule has 0 bridgehead atoms. The van der Waals surface area contributed by atoms with Crippen molar-refractivity contribution in [2.45, 2.75) is 25.5 Å². The first-order valence-corrected chi connectivity index (χ1v) is 12.5. The van der Waals surface area contributed by atoms with E-state index in [1.807, 2.05) is 30.3 Å². The molecule has 0 unspecified atom stereocenters. The van der Waals surface area contributed by atoms with Crippen LogP contribution in [-0.4, -0.2) is 28.3 Å². The van der Waals surface area contributed by atoms with E-state index in [1.54, 1.807) is 32.0 Å². The third-order valence-corrected chi connectivity index (χ3v) is 8.10. The Bertz CT molecular complexity index is 1620. The fourth-order valence-electron chi connectivity index (χ4n) is 4.22. The van der Waals surface area contributed by atoms with Gasteiger partial charge in [-0.05, 0) is 49.2 Å². The molecular weight excluding hydrogens is 470 g/mol. The summed E-state index contributed by atoms with van der Waals surface area (Å²) >= 11 is 0. The Labute approximate surface area is 201 Å². The molecule has 0 saturated carbocycles. The van der Waals surface area contributed by atoms with Crippen molar-refractivity contribution in [3.05, 3.63) is 95.1 Å². The van der Waals surface area contributed by atoms with Gasteiger partial charge in [-0.3, -0.25) is 4.99 Å². The molecule has 2 heterocycles. The summed E-state index contributed by atoms with van der Waals surface area (Å²) < 4.78 is 56.2. The van der Waals surface area contributed by atoms with E-state index in [1.165, 1.54) is 18.2 Å². The fraction of sp³-hybridized carbons (Fsp3) is 0.154. The van der Waals surface area contributed by atoms with Gasteiger partial charge in [0, 0.05) is 12.0 Å². The van der Waals surface area contributed by atoms with Gasteiger partial charge < -0.3 is 5.73 Å². The highest BCUT2D eigenvalue weighted by Crippen LogP contribution is 2.39. The van der Waals surface area contributed by atoms with Crippen LogP contribution >= 0.6 is 0 Å². The van der Waals surface area contributed by atoms with Crippen LogP contribution in [0.4, 0.5) is 14.7 Å². The molecule has 0 amide bonds. The monoisotopic (exact) mass is 492 g/mol. The number of anilines is 1. The van der Waals surface area contributed by atoms with Crippen molar-refractivity contribution in [2.24, 2.45) is 4.99 Å². The van der Waals surface area contributed by atoms with Gasteiger partial charge in [-0.1, -0.05) is 42.5 Å². The lowest BCUT2D eigenvalue weighted by atomic mass is 9.95. The second-order valence-corrected chi connectivity index (χ2v) is 10.9. The Kier molecular flexibility index (Phi) is 5.52. The molecule has 1 aromatic heterocycles. The van der Waals surface area contributed by atoms with Crippen LogP contribution in [0.25, 0.3) is 22.3 Å². The Hall–Kier alpha value is -3.85. The van der Waals surface area contributed by atoms with Gasteiger partial charge in [0.05, 0.1) is 33.3 Å². The fourth-order valence-corrected chi connectivity index (χ4v) is 5.37. The second kappa shape index (κ2) is 8.42. The van der Waals surface area contributed by atoms with Crippen LogP contribution in [0.2, 0.25) is 0 Å². The van der Waals surface area contributed by atoms with E-state index in [-0.39, 0.29) is 23.6 Å². The summed E-state index contributed by atoms with van der Waals surface area (Å²) in [4.78, 5) is 8.85. The SMILES string of the molecule is CC(C)S(=O)(=O)n1c(N)nc2ccc(C3=C(c4ccccc4)N=C(c4c(F)cccc4F)C3)cc21. The van der Waals surface area contributed by atoms with Crippen molar-refractivity contribution in [1.29, 1.82) is 0 Å². The number of nitrogens with zero attached hydrogens (tertiary/aromatic N) is 3. The van der Waals surface area contributed by atoms with Gasteiger partial charge in [0.1, 0.15) is 11.6 Å². The van der Waals surface area contributed by atoms with Crippen molar-refractivity contribution in [1.82, 2.24) is 8.96 Å². The highest BCUT2D eigenvalue weighted by Gasteiger charge is 2.28. The maximum Gasteiger partial charge on any atom is 0.244 e. The van der Waals surface area contributed by atoms with Crippen LogP contribution in [0.5, 0.6) is 0 Å². The average molecular weight is 493 g/mol. The Morgan fingerprint density at radius 2 is 1.63 bits per heavy atom. The van der Waals surface area contributed by atoms with Crippen molar-refractivity contribution in [2.75, 3.05) is 5.73 Å². The molecule has 4 aromatic rings. The standard InChI is InChI=1S/C26H22F2N4O2S/c1-15(2)35(33,34)32-23-13-17(11-12-21(23)31-26(32)29)18-14-22(24-19(27)9-6-10-20(24)28)30-25(18)16-7-4-3-5-8-16/h3-13,15H,14H2,1-2H3,(H2,29,31). The molecule has 0 aliphatic carbocycles. The lowest BCUT2D eigenvalue weighted by Gasteiger charge is -2.12. The predicted octanol–water partition coefficient (Wildman–Crippen LogP) is 5.24. The molecule has 6 nitrogen and oxygen atoms in total. The summed E-state index contributed by atoms with van der Waals surface area (Å²) in [6.45, 7) is 3.14. The number of aliphatic imine (C=N–C) groups is 1.